The van der Waals surface area contributed by atoms with Gasteiger partial charge >= 0.3 is 0 Å². The molecule has 0 radical (unpaired) electrons. The van der Waals surface area contributed by atoms with Crippen LogP contribution < -0.4 is 0 Å². The molecule has 0 aliphatic carbocycles. The third kappa shape index (κ3) is 2.39. The molecule has 0 saturated carbocycles. The van der Waals surface area contributed by atoms with Gasteiger partial charge in [0.05, 0.1) is 23.0 Å². The lowest BCUT2D eigenvalue weighted by Gasteiger charge is -2.08. The number of fused-ring (bicyclic) bond motifs is 1. The summed E-state index contributed by atoms with van der Waals surface area (Å²) in [4.78, 5) is 8.84. The van der Waals surface area contributed by atoms with E-state index in [1.54, 1.807) is 0 Å². The average Bonchev–Trinajstić information content (AvgIpc) is 2.81. The standard InChI is InChI=1S/C15H13Cl2N3/c1-10-5-6-11(8-18-10)9-20-13-4-2-3-12(17)15(13)19-14(20)7-16/h2-6,8H,7,9H2,1H3. The van der Waals surface area contributed by atoms with Crippen LogP contribution in [0, 0.1) is 6.92 Å². The van der Waals surface area contributed by atoms with Gasteiger partial charge in [-0.05, 0) is 30.7 Å². The van der Waals surface area contributed by atoms with E-state index in [1.807, 2.05) is 37.4 Å². The van der Waals surface area contributed by atoms with Gasteiger partial charge in [0.15, 0.2) is 0 Å². The van der Waals surface area contributed by atoms with Gasteiger partial charge in [0, 0.05) is 11.9 Å². The molecule has 0 fully saturated rings. The first-order chi connectivity index (χ1) is 9.69. The fraction of sp³-hybridized carbons (Fsp3) is 0.200. The normalized spacial score (nSPS) is 11.2. The minimum Gasteiger partial charge on any atom is -0.322 e. The molecular weight excluding hydrogens is 293 g/mol. The highest BCUT2D eigenvalue weighted by molar-refractivity contribution is 6.35. The van der Waals surface area contributed by atoms with Crippen LogP contribution in [-0.4, -0.2) is 14.5 Å². The molecule has 0 saturated heterocycles. The number of pyridine rings is 1. The Hall–Kier alpha value is -1.58. The molecule has 5 heteroatoms. The van der Waals surface area contributed by atoms with Crippen LogP contribution in [0.1, 0.15) is 17.1 Å². The van der Waals surface area contributed by atoms with Gasteiger partial charge in [-0.1, -0.05) is 23.7 Å². The smallest absolute Gasteiger partial charge is 0.125 e. The molecule has 2 heterocycles. The fourth-order valence-electron chi connectivity index (χ4n) is 2.21. The molecule has 20 heavy (non-hydrogen) atoms. The Bertz CT molecular complexity index is 748. The number of aromatic nitrogens is 3. The zero-order chi connectivity index (χ0) is 14.1. The lowest BCUT2D eigenvalue weighted by atomic mass is 10.2. The fourth-order valence-corrected chi connectivity index (χ4v) is 2.63. The lowest BCUT2D eigenvalue weighted by Crippen LogP contribution is -2.04. The summed E-state index contributed by atoms with van der Waals surface area (Å²) in [5.41, 5.74) is 3.91. The molecule has 0 atom stereocenters. The van der Waals surface area contributed by atoms with E-state index in [4.69, 9.17) is 23.2 Å². The molecule has 0 aliphatic heterocycles. The monoisotopic (exact) mass is 305 g/mol. The number of aryl methyl sites for hydroxylation is 1. The van der Waals surface area contributed by atoms with Crippen molar-refractivity contribution in [3.8, 4) is 0 Å². The maximum Gasteiger partial charge on any atom is 0.125 e. The zero-order valence-electron chi connectivity index (χ0n) is 11.0. The summed E-state index contributed by atoms with van der Waals surface area (Å²) in [5.74, 6) is 1.17. The van der Waals surface area contributed by atoms with Crippen molar-refractivity contribution in [2.24, 2.45) is 0 Å². The maximum absolute atomic E-state index is 6.19. The molecule has 0 N–H and O–H groups in total. The van der Waals surface area contributed by atoms with Crippen LogP contribution in [0.15, 0.2) is 36.5 Å². The molecule has 0 unspecified atom stereocenters. The first-order valence-electron chi connectivity index (χ1n) is 6.30. The molecular formula is C15H13Cl2N3. The predicted molar refractivity (Wildman–Crippen MR) is 82.4 cm³/mol. The summed E-state index contributed by atoms with van der Waals surface area (Å²) >= 11 is 12.2. The van der Waals surface area contributed by atoms with Gasteiger partial charge in [0.1, 0.15) is 11.3 Å². The van der Waals surface area contributed by atoms with Crippen LogP contribution in [0.5, 0.6) is 0 Å². The number of benzene rings is 1. The van der Waals surface area contributed by atoms with E-state index in [1.165, 1.54) is 0 Å². The van der Waals surface area contributed by atoms with Crippen molar-refractivity contribution in [3.63, 3.8) is 0 Å². The third-order valence-electron chi connectivity index (χ3n) is 3.24. The second-order valence-electron chi connectivity index (χ2n) is 4.66. The van der Waals surface area contributed by atoms with E-state index in [9.17, 15) is 0 Å². The minimum absolute atomic E-state index is 0.351. The molecule has 0 amide bonds. The van der Waals surface area contributed by atoms with Crippen molar-refractivity contribution >= 4 is 34.2 Å². The van der Waals surface area contributed by atoms with Gasteiger partial charge in [-0.2, -0.15) is 0 Å². The highest BCUT2D eigenvalue weighted by atomic mass is 35.5. The van der Waals surface area contributed by atoms with Gasteiger partial charge in [-0.25, -0.2) is 4.98 Å². The van der Waals surface area contributed by atoms with Crippen molar-refractivity contribution in [1.29, 1.82) is 0 Å². The number of para-hydroxylation sites is 1. The predicted octanol–water partition coefficient (Wildman–Crippen LogP) is 4.18. The van der Waals surface area contributed by atoms with Gasteiger partial charge in [0.25, 0.3) is 0 Å². The Morgan fingerprint density at radius 1 is 1.20 bits per heavy atom. The Balaban J connectivity index is 2.10. The molecule has 0 aliphatic rings. The van der Waals surface area contributed by atoms with Gasteiger partial charge in [0.2, 0.25) is 0 Å². The summed E-state index contributed by atoms with van der Waals surface area (Å²) in [6.07, 6.45) is 1.88. The molecule has 102 valence electrons. The largest absolute Gasteiger partial charge is 0.322 e. The van der Waals surface area contributed by atoms with Crippen molar-refractivity contribution < 1.29 is 0 Å². The number of alkyl halides is 1. The van der Waals surface area contributed by atoms with Crippen LogP contribution in [0.3, 0.4) is 0 Å². The van der Waals surface area contributed by atoms with Crippen LogP contribution in [-0.2, 0) is 12.4 Å². The highest BCUT2D eigenvalue weighted by Gasteiger charge is 2.12. The molecule has 3 nitrogen and oxygen atoms in total. The van der Waals surface area contributed by atoms with Crippen LogP contribution in [0.25, 0.3) is 11.0 Å². The van der Waals surface area contributed by atoms with E-state index in [0.717, 1.165) is 28.1 Å². The van der Waals surface area contributed by atoms with Crippen molar-refractivity contribution in [1.82, 2.24) is 14.5 Å². The molecule has 1 aromatic carbocycles. The lowest BCUT2D eigenvalue weighted by molar-refractivity contribution is 0.774. The summed E-state index contributed by atoms with van der Waals surface area (Å²) in [7, 11) is 0. The van der Waals surface area contributed by atoms with Crippen molar-refractivity contribution in [2.75, 3.05) is 0 Å². The van der Waals surface area contributed by atoms with Crippen LogP contribution >= 0.6 is 23.2 Å². The second-order valence-corrected chi connectivity index (χ2v) is 5.34. The van der Waals surface area contributed by atoms with Crippen molar-refractivity contribution in [3.05, 3.63) is 58.6 Å². The molecule has 3 rings (SSSR count). The third-order valence-corrected chi connectivity index (χ3v) is 3.79. The van der Waals surface area contributed by atoms with E-state index in [2.05, 4.69) is 20.6 Å². The van der Waals surface area contributed by atoms with E-state index in [0.29, 0.717) is 17.4 Å². The molecule has 0 spiro atoms. The number of halogens is 2. The summed E-state index contributed by atoms with van der Waals surface area (Å²) < 4.78 is 2.08. The van der Waals surface area contributed by atoms with Gasteiger partial charge in [-0.3, -0.25) is 4.98 Å². The van der Waals surface area contributed by atoms with Crippen LogP contribution in [0.2, 0.25) is 5.02 Å². The Labute approximate surface area is 127 Å². The summed E-state index contributed by atoms with van der Waals surface area (Å²) in [6, 6.07) is 9.84. The molecule has 3 aromatic rings. The van der Waals surface area contributed by atoms with E-state index in [-0.39, 0.29) is 0 Å². The minimum atomic E-state index is 0.351. The maximum atomic E-state index is 6.19. The van der Waals surface area contributed by atoms with Crippen molar-refractivity contribution in [2.45, 2.75) is 19.3 Å². The molecule has 0 bridgehead atoms. The van der Waals surface area contributed by atoms with Crippen LogP contribution in [0.4, 0.5) is 0 Å². The Morgan fingerprint density at radius 2 is 2.05 bits per heavy atom. The number of nitrogens with zero attached hydrogens (tertiary/aromatic N) is 3. The number of hydrogen-bond donors (Lipinski definition) is 0. The first kappa shape index (κ1) is 13.4. The second kappa shape index (κ2) is 5.43. The Morgan fingerprint density at radius 3 is 2.75 bits per heavy atom. The first-order valence-corrected chi connectivity index (χ1v) is 7.21. The SMILES string of the molecule is Cc1ccc(Cn2c(CCl)nc3c(Cl)cccc32)cn1. The van der Waals surface area contributed by atoms with Gasteiger partial charge < -0.3 is 4.57 Å². The van der Waals surface area contributed by atoms with E-state index < -0.39 is 0 Å². The zero-order valence-corrected chi connectivity index (χ0v) is 12.5. The number of rotatable bonds is 3. The molecule has 2 aromatic heterocycles. The number of imidazole rings is 1. The average molecular weight is 306 g/mol. The Kier molecular flexibility index (Phi) is 3.64. The topological polar surface area (TPSA) is 30.7 Å². The summed E-state index contributed by atoms with van der Waals surface area (Å²) in [6.45, 7) is 2.66. The number of hydrogen-bond acceptors (Lipinski definition) is 2. The van der Waals surface area contributed by atoms with Gasteiger partial charge in [-0.15, -0.1) is 11.6 Å². The van der Waals surface area contributed by atoms with E-state index >= 15 is 0 Å². The summed E-state index contributed by atoms with van der Waals surface area (Å²) in [5, 5.41) is 0.648. The highest BCUT2D eigenvalue weighted by Crippen LogP contribution is 2.25. The quantitative estimate of drug-likeness (QED) is 0.680.